The van der Waals surface area contributed by atoms with E-state index in [0.29, 0.717) is 49.6 Å². The molecule has 0 aliphatic carbocycles. The number of carbonyl (C=O) groups is 1. The number of fused-ring (bicyclic) bond motifs is 1. The summed E-state index contributed by atoms with van der Waals surface area (Å²) in [4.78, 5) is 25.0. The van der Waals surface area contributed by atoms with Crippen LogP contribution in [0.2, 0.25) is 0 Å². The predicted molar refractivity (Wildman–Crippen MR) is 93.7 cm³/mol. The number of hydrogen-bond acceptors (Lipinski definition) is 6. The molecular formula is C17H18BrNO5. The minimum absolute atomic E-state index is 0.0146. The third-order valence-electron chi connectivity index (χ3n) is 3.97. The molecule has 6 nitrogen and oxygen atoms in total. The number of anilines is 1. The van der Waals surface area contributed by atoms with Gasteiger partial charge in [0.25, 0.3) is 6.47 Å². The molecule has 1 aliphatic rings. The summed E-state index contributed by atoms with van der Waals surface area (Å²) in [6, 6.07) is 5.12. The summed E-state index contributed by atoms with van der Waals surface area (Å²) in [5.74, 6) is 0.557. The predicted octanol–water partition coefficient (Wildman–Crippen LogP) is 2.76. The van der Waals surface area contributed by atoms with Gasteiger partial charge in [-0.25, -0.2) is 0 Å². The van der Waals surface area contributed by atoms with Crippen molar-refractivity contribution in [2.24, 2.45) is 0 Å². The number of ether oxygens (including phenoxy) is 2. The molecule has 24 heavy (non-hydrogen) atoms. The molecule has 1 aromatic carbocycles. The number of hydrogen-bond donors (Lipinski definition) is 0. The normalized spacial score (nSPS) is 16.2. The lowest BCUT2D eigenvalue weighted by Gasteiger charge is -2.27. The van der Waals surface area contributed by atoms with E-state index in [4.69, 9.17) is 13.9 Å². The van der Waals surface area contributed by atoms with Gasteiger partial charge >= 0.3 is 0 Å². The van der Waals surface area contributed by atoms with Crippen molar-refractivity contribution >= 4 is 39.3 Å². The quantitative estimate of drug-likeness (QED) is 0.572. The lowest BCUT2D eigenvalue weighted by molar-refractivity contribution is -0.129. The van der Waals surface area contributed by atoms with Crippen LogP contribution in [0.3, 0.4) is 0 Å². The number of benzene rings is 1. The van der Waals surface area contributed by atoms with Crippen LogP contribution in [0.1, 0.15) is 22.9 Å². The van der Waals surface area contributed by atoms with Crippen LogP contribution in [0.15, 0.2) is 27.4 Å². The second-order valence-corrected chi connectivity index (χ2v) is 7.01. The Morgan fingerprint density at radius 1 is 1.33 bits per heavy atom. The van der Waals surface area contributed by atoms with Crippen LogP contribution < -0.4 is 10.3 Å². The Balaban J connectivity index is 2.12. The minimum Gasteiger partial charge on any atom is -0.463 e. The van der Waals surface area contributed by atoms with E-state index >= 15 is 0 Å². The first kappa shape index (κ1) is 17.0. The fourth-order valence-electron chi connectivity index (χ4n) is 2.78. The number of nitrogens with zero attached hydrogens (tertiary/aromatic N) is 1. The van der Waals surface area contributed by atoms with Crippen LogP contribution in [-0.4, -0.2) is 32.8 Å². The molecule has 2 aromatic rings. The molecule has 2 heterocycles. The molecular weight excluding hydrogens is 378 g/mol. The summed E-state index contributed by atoms with van der Waals surface area (Å²) in [5.41, 5.74) is 2.05. The fraction of sp³-hybridized carbons (Fsp3) is 0.412. The van der Waals surface area contributed by atoms with Crippen molar-refractivity contribution in [1.29, 1.82) is 0 Å². The first-order valence-corrected chi connectivity index (χ1v) is 8.64. The van der Waals surface area contributed by atoms with Gasteiger partial charge in [0.2, 0.25) is 0 Å². The number of halogens is 1. The van der Waals surface area contributed by atoms with E-state index in [2.05, 4.69) is 15.9 Å². The Morgan fingerprint density at radius 2 is 2.08 bits per heavy atom. The van der Waals surface area contributed by atoms with Crippen molar-refractivity contribution < 1.29 is 18.7 Å². The molecule has 1 fully saturated rings. The minimum atomic E-state index is -0.111. The van der Waals surface area contributed by atoms with E-state index in [1.54, 1.807) is 6.07 Å². The Kier molecular flexibility index (Phi) is 5.20. The van der Waals surface area contributed by atoms with Crippen molar-refractivity contribution in [2.75, 3.05) is 31.2 Å². The van der Waals surface area contributed by atoms with Gasteiger partial charge in [-0.05, 0) is 24.6 Å². The summed E-state index contributed by atoms with van der Waals surface area (Å²) >= 11 is 3.55. The summed E-state index contributed by atoms with van der Waals surface area (Å²) in [7, 11) is 0. The third-order valence-corrected chi connectivity index (χ3v) is 4.47. The van der Waals surface area contributed by atoms with Gasteiger partial charge in [-0.3, -0.25) is 9.59 Å². The van der Waals surface area contributed by atoms with E-state index < -0.39 is 0 Å². The van der Waals surface area contributed by atoms with E-state index in [0.717, 1.165) is 11.1 Å². The monoisotopic (exact) mass is 395 g/mol. The first-order chi connectivity index (χ1) is 11.6. The summed E-state index contributed by atoms with van der Waals surface area (Å²) in [6.07, 6.45) is 0. The number of alkyl halides is 1. The maximum absolute atomic E-state index is 12.6. The van der Waals surface area contributed by atoms with Crippen molar-refractivity contribution in [1.82, 2.24) is 0 Å². The first-order valence-electron chi connectivity index (χ1n) is 7.73. The molecule has 0 bridgehead atoms. The SMILES string of the molecule is CC(Br)c1cc(COC=O)cc2c(=O)cc(N3CCOCC3)oc12. The van der Waals surface area contributed by atoms with Gasteiger partial charge in [0.15, 0.2) is 11.3 Å². The third kappa shape index (κ3) is 3.47. The second-order valence-electron chi connectivity index (χ2n) is 5.63. The molecule has 1 atom stereocenters. The summed E-state index contributed by atoms with van der Waals surface area (Å²) in [6.45, 7) is 5.09. The van der Waals surface area contributed by atoms with Crippen molar-refractivity contribution in [3.05, 3.63) is 39.5 Å². The number of morpholine rings is 1. The highest BCUT2D eigenvalue weighted by Gasteiger charge is 2.19. The Hall–Kier alpha value is -1.86. The number of rotatable bonds is 5. The lowest BCUT2D eigenvalue weighted by Crippen LogP contribution is -2.36. The Labute approximate surface area is 147 Å². The van der Waals surface area contributed by atoms with E-state index in [9.17, 15) is 9.59 Å². The molecule has 0 saturated carbocycles. The molecule has 3 rings (SSSR count). The van der Waals surface area contributed by atoms with E-state index in [1.165, 1.54) is 6.07 Å². The molecule has 0 amide bonds. The van der Waals surface area contributed by atoms with Crippen LogP contribution >= 0.6 is 15.9 Å². The van der Waals surface area contributed by atoms with Gasteiger partial charge in [-0.15, -0.1) is 0 Å². The second kappa shape index (κ2) is 7.36. The molecule has 7 heteroatoms. The average molecular weight is 396 g/mol. The molecule has 1 aromatic heterocycles. The van der Waals surface area contributed by atoms with Crippen LogP contribution in [0.5, 0.6) is 0 Å². The van der Waals surface area contributed by atoms with Crippen molar-refractivity contribution in [2.45, 2.75) is 18.4 Å². The summed E-state index contributed by atoms with van der Waals surface area (Å²) in [5, 5.41) is 0.486. The maximum atomic E-state index is 12.6. The molecule has 0 radical (unpaired) electrons. The zero-order valence-corrected chi connectivity index (χ0v) is 14.9. The zero-order chi connectivity index (χ0) is 17.1. The topological polar surface area (TPSA) is 69.0 Å². The number of carbonyl (C=O) groups excluding carboxylic acids is 1. The largest absolute Gasteiger partial charge is 0.463 e. The highest BCUT2D eigenvalue weighted by Crippen LogP contribution is 2.32. The molecule has 0 N–H and O–H groups in total. The van der Waals surface area contributed by atoms with Crippen LogP contribution in [-0.2, 0) is 20.9 Å². The van der Waals surface area contributed by atoms with Crippen molar-refractivity contribution in [3.8, 4) is 0 Å². The van der Waals surface area contributed by atoms with Gasteiger partial charge in [0.1, 0.15) is 12.2 Å². The smallest absolute Gasteiger partial charge is 0.293 e. The Bertz CT molecular complexity index is 795. The van der Waals surface area contributed by atoms with E-state index in [1.807, 2.05) is 17.9 Å². The lowest BCUT2D eigenvalue weighted by atomic mass is 10.0. The fourth-order valence-corrected chi connectivity index (χ4v) is 3.12. The van der Waals surface area contributed by atoms with Crippen LogP contribution in [0.4, 0.5) is 5.88 Å². The van der Waals surface area contributed by atoms with Gasteiger partial charge < -0.3 is 18.8 Å². The standard InChI is InChI=1S/C17H18BrNO5/c1-11(18)13-6-12(9-23-10-20)7-14-15(21)8-16(24-17(13)14)19-2-4-22-5-3-19/h6-8,10-11H,2-5,9H2,1H3. The van der Waals surface area contributed by atoms with Gasteiger partial charge in [-0.2, -0.15) is 0 Å². The van der Waals surface area contributed by atoms with Gasteiger partial charge in [0.05, 0.1) is 18.6 Å². The maximum Gasteiger partial charge on any atom is 0.293 e. The Morgan fingerprint density at radius 3 is 2.75 bits per heavy atom. The van der Waals surface area contributed by atoms with Crippen molar-refractivity contribution in [3.63, 3.8) is 0 Å². The molecule has 0 spiro atoms. The zero-order valence-electron chi connectivity index (χ0n) is 13.3. The van der Waals surface area contributed by atoms with Crippen LogP contribution in [0, 0.1) is 0 Å². The molecule has 128 valence electrons. The van der Waals surface area contributed by atoms with Gasteiger partial charge in [0, 0.05) is 29.5 Å². The highest BCUT2D eigenvalue weighted by molar-refractivity contribution is 9.09. The molecule has 1 saturated heterocycles. The van der Waals surface area contributed by atoms with E-state index in [-0.39, 0.29) is 16.9 Å². The highest BCUT2D eigenvalue weighted by atomic mass is 79.9. The molecule has 1 aliphatic heterocycles. The molecule has 1 unspecified atom stereocenters. The average Bonchev–Trinajstić information content (AvgIpc) is 2.60. The summed E-state index contributed by atoms with van der Waals surface area (Å²) < 4.78 is 16.2. The van der Waals surface area contributed by atoms with Crippen LogP contribution in [0.25, 0.3) is 11.0 Å². The van der Waals surface area contributed by atoms with Gasteiger partial charge in [-0.1, -0.05) is 15.9 Å².